The van der Waals surface area contributed by atoms with Gasteiger partial charge in [-0.3, -0.25) is 30.2 Å². The van der Waals surface area contributed by atoms with Crippen LogP contribution in [-0.4, -0.2) is 41.3 Å². The van der Waals surface area contributed by atoms with Crippen LogP contribution in [0.5, 0.6) is 5.75 Å². The van der Waals surface area contributed by atoms with Crippen LogP contribution in [-0.2, 0) is 14.4 Å². The number of hydrazine groups is 1. The van der Waals surface area contributed by atoms with Gasteiger partial charge in [-0.25, -0.2) is 0 Å². The third kappa shape index (κ3) is 5.01. The van der Waals surface area contributed by atoms with Gasteiger partial charge < -0.3 is 9.64 Å². The number of para-hydroxylation sites is 1. The number of hydrogen-bond acceptors (Lipinski definition) is 5. The Kier molecular flexibility index (Phi) is 6.64. The Bertz CT molecular complexity index is 1140. The number of benzene rings is 2. The van der Waals surface area contributed by atoms with Crippen LogP contribution in [0, 0.1) is 5.92 Å². The van der Waals surface area contributed by atoms with Gasteiger partial charge in [-0.05, 0) is 23.3 Å². The first-order valence-corrected chi connectivity index (χ1v) is 10.6. The van der Waals surface area contributed by atoms with Crippen LogP contribution in [0.2, 0.25) is 0 Å². The van der Waals surface area contributed by atoms with E-state index in [1.54, 1.807) is 31.6 Å². The van der Waals surface area contributed by atoms with E-state index >= 15 is 0 Å². The molecular weight excluding hydrogens is 420 g/mol. The molecule has 0 saturated carbocycles. The Labute approximate surface area is 191 Å². The molecule has 1 aliphatic rings. The van der Waals surface area contributed by atoms with Crippen molar-refractivity contribution in [2.75, 3.05) is 13.7 Å². The normalized spacial score (nSPS) is 17.5. The summed E-state index contributed by atoms with van der Waals surface area (Å²) in [4.78, 5) is 43.0. The van der Waals surface area contributed by atoms with Gasteiger partial charge >= 0.3 is 0 Å². The van der Waals surface area contributed by atoms with Crippen molar-refractivity contribution in [3.8, 4) is 16.9 Å². The number of ether oxygens (including phenoxy) is 1. The second kappa shape index (κ2) is 9.95. The molecule has 0 radical (unpaired) electrons. The Morgan fingerprint density at radius 3 is 2.55 bits per heavy atom. The predicted molar refractivity (Wildman–Crippen MR) is 122 cm³/mol. The summed E-state index contributed by atoms with van der Waals surface area (Å²) in [7, 11) is 1.66. The molecule has 3 amide bonds. The second-order valence-corrected chi connectivity index (χ2v) is 7.73. The highest BCUT2D eigenvalue weighted by molar-refractivity contribution is 5.91. The fourth-order valence-electron chi connectivity index (χ4n) is 3.96. The SMILES string of the molecule is CN1C(=O)C[C@H](C(=O)NNC(=O)COc2ccccc2-c2ccccc2)[C@@H]1c1cccnc1. The second-order valence-electron chi connectivity index (χ2n) is 7.73. The lowest BCUT2D eigenvalue weighted by Gasteiger charge is -2.24. The number of nitrogens with zero attached hydrogens (tertiary/aromatic N) is 2. The Hall–Kier alpha value is -4.20. The summed E-state index contributed by atoms with van der Waals surface area (Å²) in [6, 6.07) is 20.3. The van der Waals surface area contributed by atoms with E-state index in [-0.39, 0.29) is 18.9 Å². The first-order chi connectivity index (χ1) is 16.0. The first-order valence-electron chi connectivity index (χ1n) is 10.6. The summed E-state index contributed by atoms with van der Waals surface area (Å²) in [6.07, 6.45) is 3.32. The van der Waals surface area contributed by atoms with Crippen LogP contribution in [0.15, 0.2) is 79.1 Å². The molecule has 2 atom stereocenters. The fraction of sp³-hybridized carbons (Fsp3) is 0.200. The van der Waals surface area contributed by atoms with Crippen molar-refractivity contribution >= 4 is 17.7 Å². The van der Waals surface area contributed by atoms with Crippen LogP contribution in [0.1, 0.15) is 18.0 Å². The quantitative estimate of drug-likeness (QED) is 0.569. The molecule has 0 aliphatic carbocycles. The van der Waals surface area contributed by atoms with Gasteiger partial charge in [-0.2, -0.15) is 0 Å². The molecule has 3 aromatic rings. The average Bonchev–Trinajstić information content (AvgIpc) is 3.16. The largest absolute Gasteiger partial charge is 0.483 e. The van der Waals surface area contributed by atoms with Crippen molar-refractivity contribution in [1.29, 1.82) is 0 Å². The number of likely N-dealkylation sites (tertiary alicyclic amines) is 1. The lowest BCUT2D eigenvalue weighted by Crippen LogP contribution is -2.47. The molecule has 1 saturated heterocycles. The first kappa shape index (κ1) is 22.0. The fourth-order valence-corrected chi connectivity index (χ4v) is 3.96. The van der Waals surface area contributed by atoms with Crippen LogP contribution in [0.4, 0.5) is 0 Å². The highest BCUT2D eigenvalue weighted by Crippen LogP contribution is 2.36. The van der Waals surface area contributed by atoms with E-state index in [1.165, 1.54) is 4.90 Å². The summed E-state index contributed by atoms with van der Waals surface area (Å²) < 4.78 is 5.70. The molecule has 168 valence electrons. The maximum atomic E-state index is 12.8. The average molecular weight is 444 g/mol. The molecule has 0 bridgehead atoms. The summed E-state index contributed by atoms with van der Waals surface area (Å²) >= 11 is 0. The van der Waals surface area contributed by atoms with Crippen molar-refractivity contribution in [3.05, 3.63) is 84.7 Å². The van der Waals surface area contributed by atoms with E-state index in [4.69, 9.17) is 4.74 Å². The Morgan fingerprint density at radius 2 is 1.79 bits per heavy atom. The number of hydrogen-bond donors (Lipinski definition) is 2. The third-order valence-corrected chi connectivity index (χ3v) is 5.60. The van der Waals surface area contributed by atoms with Crippen molar-refractivity contribution < 1.29 is 19.1 Å². The van der Waals surface area contributed by atoms with Crippen molar-refractivity contribution in [2.45, 2.75) is 12.5 Å². The number of aromatic nitrogens is 1. The minimum absolute atomic E-state index is 0.0543. The van der Waals surface area contributed by atoms with Crippen LogP contribution in [0.25, 0.3) is 11.1 Å². The molecule has 8 heteroatoms. The molecule has 0 unspecified atom stereocenters. The van der Waals surface area contributed by atoms with E-state index < -0.39 is 23.8 Å². The van der Waals surface area contributed by atoms with E-state index in [0.717, 1.165) is 16.7 Å². The van der Waals surface area contributed by atoms with Gasteiger partial charge in [-0.15, -0.1) is 0 Å². The zero-order valence-electron chi connectivity index (χ0n) is 18.1. The lowest BCUT2D eigenvalue weighted by atomic mass is 9.94. The summed E-state index contributed by atoms with van der Waals surface area (Å²) in [5, 5.41) is 0. The maximum Gasteiger partial charge on any atom is 0.276 e. The smallest absolute Gasteiger partial charge is 0.276 e. The zero-order chi connectivity index (χ0) is 23.2. The molecule has 1 aliphatic heterocycles. The monoisotopic (exact) mass is 444 g/mol. The third-order valence-electron chi connectivity index (χ3n) is 5.60. The van der Waals surface area contributed by atoms with Gasteiger partial charge in [0.2, 0.25) is 11.8 Å². The van der Waals surface area contributed by atoms with E-state index in [0.29, 0.717) is 5.75 Å². The number of nitrogens with one attached hydrogen (secondary N) is 2. The molecule has 33 heavy (non-hydrogen) atoms. The van der Waals surface area contributed by atoms with E-state index in [1.807, 2.05) is 54.6 Å². The maximum absolute atomic E-state index is 12.8. The summed E-state index contributed by atoms with van der Waals surface area (Å²) in [5.74, 6) is -1.19. The number of carbonyl (C=O) groups is 3. The number of carbonyl (C=O) groups excluding carboxylic acids is 3. The van der Waals surface area contributed by atoms with E-state index in [9.17, 15) is 14.4 Å². The molecule has 2 heterocycles. The highest BCUT2D eigenvalue weighted by Gasteiger charge is 2.42. The predicted octanol–water partition coefficient (Wildman–Crippen LogP) is 2.49. The number of amides is 3. The molecule has 2 aromatic carbocycles. The standard InChI is InChI=1S/C25H24N4O4/c1-29-23(31)14-20(24(29)18-10-7-13-26-15-18)25(32)28-27-22(30)16-33-21-12-6-5-11-19(21)17-8-3-2-4-9-17/h2-13,15,20,24H,14,16H2,1H3,(H,27,30)(H,28,32)/t20-,24-/m0/s1. The number of rotatable bonds is 6. The van der Waals surface area contributed by atoms with Crippen molar-refractivity contribution in [3.63, 3.8) is 0 Å². The minimum Gasteiger partial charge on any atom is -0.483 e. The molecule has 4 rings (SSSR count). The van der Waals surface area contributed by atoms with Crippen LogP contribution < -0.4 is 15.6 Å². The topological polar surface area (TPSA) is 101 Å². The minimum atomic E-state index is -0.647. The molecule has 1 aromatic heterocycles. The van der Waals surface area contributed by atoms with Gasteiger partial charge in [0.05, 0.1) is 12.0 Å². The van der Waals surface area contributed by atoms with Crippen LogP contribution >= 0.6 is 0 Å². The van der Waals surface area contributed by atoms with E-state index in [2.05, 4.69) is 15.8 Å². The Balaban J connectivity index is 1.35. The highest BCUT2D eigenvalue weighted by atomic mass is 16.5. The van der Waals surface area contributed by atoms with Crippen molar-refractivity contribution in [1.82, 2.24) is 20.7 Å². The molecule has 2 N–H and O–H groups in total. The van der Waals surface area contributed by atoms with Gasteiger partial charge in [-0.1, -0.05) is 54.6 Å². The molecule has 8 nitrogen and oxygen atoms in total. The van der Waals surface area contributed by atoms with Gasteiger partial charge in [0, 0.05) is 31.4 Å². The summed E-state index contributed by atoms with van der Waals surface area (Å²) in [5.41, 5.74) is 7.41. The Morgan fingerprint density at radius 1 is 1.03 bits per heavy atom. The lowest BCUT2D eigenvalue weighted by molar-refractivity contribution is -0.132. The van der Waals surface area contributed by atoms with Crippen LogP contribution in [0.3, 0.4) is 0 Å². The molecule has 1 fully saturated rings. The van der Waals surface area contributed by atoms with Crippen molar-refractivity contribution in [2.24, 2.45) is 5.92 Å². The zero-order valence-corrected chi connectivity index (χ0v) is 18.1. The molecule has 0 spiro atoms. The number of pyridine rings is 1. The van der Waals surface area contributed by atoms with Gasteiger partial charge in [0.15, 0.2) is 6.61 Å². The van der Waals surface area contributed by atoms with Gasteiger partial charge in [0.1, 0.15) is 5.75 Å². The molecular formula is C25H24N4O4. The van der Waals surface area contributed by atoms with Gasteiger partial charge in [0.25, 0.3) is 5.91 Å². The summed E-state index contributed by atoms with van der Waals surface area (Å²) in [6.45, 7) is -0.278.